The number of carboxylic acids is 3. The minimum atomic E-state index is -1.08. The van der Waals surface area contributed by atoms with E-state index in [-0.39, 0.29) is 57.2 Å². The van der Waals surface area contributed by atoms with Crippen LogP contribution >= 0.6 is 0 Å². The summed E-state index contributed by atoms with van der Waals surface area (Å²) in [6.45, 7) is 2.92. The summed E-state index contributed by atoms with van der Waals surface area (Å²) in [7, 11) is 0. The number of aliphatic carboxylic acids is 3. The molecule has 9 heteroatoms. The number of carbonyl (C=O) groups is 3. The van der Waals surface area contributed by atoms with Crippen LogP contribution in [0.4, 0.5) is 0 Å². The number of hydrogen-bond acceptors (Lipinski definition) is 6. The Hall–Kier alpha value is 0.110. The maximum absolute atomic E-state index is 8.89. The molecule has 0 aliphatic rings. The number of carboxylic acid groups (broad SMARTS) is 3. The molecule has 0 atom stereocenters. The molecule has 0 heterocycles. The van der Waals surface area contributed by atoms with Crippen LogP contribution in [0.1, 0.15) is 20.8 Å². The zero-order chi connectivity index (χ0) is 10.7. The van der Waals surface area contributed by atoms with E-state index in [0.29, 0.717) is 0 Å². The van der Waals surface area contributed by atoms with Crippen molar-refractivity contribution in [1.82, 2.24) is 0 Å². The molecule has 0 unspecified atom stereocenters. The minimum absolute atomic E-state index is 0. The standard InChI is InChI=1S/3C2H4O2.O.Pb.Sb/c3*1-2(3)4;;;/h3*1H3,(H,3,4);;;/q;;;-2;+2;+3/p-3. The fourth-order valence-electron chi connectivity index (χ4n) is 0. The molecule has 0 spiro atoms. The molecule has 0 aromatic carbocycles. The van der Waals surface area contributed by atoms with Gasteiger partial charge in [-0.25, -0.2) is 0 Å². The molecule has 0 aromatic rings. The topological polar surface area (TPSA) is 149 Å². The Morgan fingerprint density at radius 2 is 0.733 bits per heavy atom. The number of carbonyl (C=O) groups excluding carboxylic acids is 3. The van der Waals surface area contributed by atoms with Gasteiger partial charge >= 0.3 is 51.7 Å². The van der Waals surface area contributed by atoms with Crippen LogP contribution in [0.15, 0.2) is 0 Å². The monoisotopic (exact) mass is 522 g/mol. The Labute approximate surface area is 125 Å². The van der Waals surface area contributed by atoms with E-state index in [9.17, 15) is 0 Å². The van der Waals surface area contributed by atoms with E-state index in [1.165, 1.54) is 0 Å². The Morgan fingerprint density at radius 1 is 0.733 bits per heavy atom. The SMILES string of the molecule is CC(=O)[O-].CC(=O)[O-].CC(=O)[O-].[O-2].[Pb+2].[Sb+3]. The molecule has 0 N–H and O–H groups in total. The Morgan fingerprint density at radius 3 is 0.733 bits per heavy atom. The molecule has 0 aliphatic carbocycles. The Bertz CT molecular complexity index is 121. The van der Waals surface area contributed by atoms with Crippen molar-refractivity contribution in [3.63, 3.8) is 0 Å². The Kier molecular flexibility index (Phi) is 70.6. The summed E-state index contributed by atoms with van der Waals surface area (Å²) in [5.74, 6) is -3.25. The summed E-state index contributed by atoms with van der Waals surface area (Å²) in [6, 6.07) is 0. The van der Waals surface area contributed by atoms with E-state index in [1.54, 1.807) is 0 Å². The van der Waals surface area contributed by atoms with Crippen LogP contribution in [0.25, 0.3) is 0 Å². The van der Waals surface area contributed by atoms with Gasteiger partial charge in [-0.05, 0) is 20.8 Å². The van der Waals surface area contributed by atoms with Gasteiger partial charge in [-0.2, -0.15) is 0 Å². The van der Waals surface area contributed by atoms with E-state index in [2.05, 4.69) is 0 Å². The van der Waals surface area contributed by atoms with E-state index in [1.807, 2.05) is 0 Å². The molecule has 0 fully saturated rings. The molecule has 84 valence electrons. The van der Waals surface area contributed by atoms with Crippen molar-refractivity contribution in [3.05, 3.63) is 0 Å². The normalized spacial score (nSPS) is 5.00. The first-order valence-corrected chi connectivity index (χ1v) is 2.72. The van der Waals surface area contributed by atoms with Gasteiger partial charge in [-0.15, -0.1) is 0 Å². The summed E-state index contributed by atoms with van der Waals surface area (Å²) >= 11 is 0. The fourth-order valence-corrected chi connectivity index (χ4v) is 0. The molecule has 0 saturated carbocycles. The van der Waals surface area contributed by atoms with E-state index in [4.69, 9.17) is 29.7 Å². The second-order valence-corrected chi connectivity index (χ2v) is 1.47. The van der Waals surface area contributed by atoms with E-state index < -0.39 is 17.9 Å². The quantitative estimate of drug-likeness (QED) is 0.293. The molecular formula is C6H9O7PbSb. The first kappa shape index (κ1) is 36.2. The minimum Gasteiger partial charge on any atom is -2.00 e. The van der Waals surface area contributed by atoms with Crippen LogP contribution in [0, 0.1) is 0 Å². The van der Waals surface area contributed by atoms with E-state index in [0.717, 1.165) is 20.8 Å². The second-order valence-electron chi connectivity index (χ2n) is 1.47. The summed E-state index contributed by atoms with van der Waals surface area (Å²) in [6.07, 6.45) is 0. The van der Waals surface area contributed by atoms with Gasteiger partial charge in [-0.1, -0.05) is 0 Å². The summed E-state index contributed by atoms with van der Waals surface area (Å²) in [5.41, 5.74) is 0. The van der Waals surface area contributed by atoms with Gasteiger partial charge in [0.25, 0.3) is 0 Å². The van der Waals surface area contributed by atoms with Gasteiger partial charge in [0, 0.05) is 17.9 Å². The molecule has 0 aliphatic heterocycles. The van der Waals surface area contributed by atoms with Crippen LogP contribution in [-0.4, -0.2) is 69.6 Å². The van der Waals surface area contributed by atoms with Crippen LogP contribution < -0.4 is 15.3 Å². The average Bonchev–Trinajstić information content (AvgIpc) is 1.54. The van der Waals surface area contributed by atoms with Crippen molar-refractivity contribution in [2.45, 2.75) is 20.8 Å². The fraction of sp³-hybridized carbons (Fsp3) is 0.500. The molecule has 0 saturated heterocycles. The molecular weight excluding hydrogens is 513 g/mol. The van der Waals surface area contributed by atoms with E-state index >= 15 is 0 Å². The van der Waals surface area contributed by atoms with Crippen molar-refractivity contribution in [2.75, 3.05) is 0 Å². The average molecular weight is 522 g/mol. The summed E-state index contributed by atoms with van der Waals surface area (Å²) in [4.78, 5) is 26.7. The number of hydrogen-bond donors (Lipinski definition) is 0. The van der Waals surface area contributed by atoms with Crippen molar-refractivity contribution in [3.8, 4) is 0 Å². The van der Waals surface area contributed by atoms with Crippen LogP contribution in [0.5, 0.6) is 0 Å². The zero-order valence-corrected chi connectivity index (χ0v) is 14.7. The van der Waals surface area contributed by atoms with Gasteiger partial charge in [0.2, 0.25) is 0 Å². The number of rotatable bonds is 0. The molecule has 0 aromatic heterocycles. The van der Waals surface area contributed by atoms with Gasteiger partial charge in [0.1, 0.15) is 0 Å². The second kappa shape index (κ2) is 29.2. The van der Waals surface area contributed by atoms with Crippen LogP contribution in [-0.2, 0) is 19.9 Å². The molecule has 4 radical (unpaired) electrons. The maximum atomic E-state index is 8.89. The first-order chi connectivity index (χ1) is 5.20. The van der Waals surface area contributed by atoms with Gasteiger partial charge < -0.3 is 35.2 Å². The molecule has 0 bridgehead atoms. The van der Waals surface area contributed by atoms with Crippen molar-refractivity contribution >= 4 is 69.6 Å². The molecule has 7 nitrogen and oxygen atoms in total. The third-order valence-electron chi connectivity index (χ3n) is 0. The Balaban J connectivity index is -0.0000000184. The predicted octanol–water partition coefficient (Wildman–Crippen LogP) is -4.61. The van der Waals surface area contributed by atoms with Crippen LogP contribution in [0.2, 0.25) is 0 Å². The predicted molar refractivity (Wildman–Crippen MR) is 44.2 cm³/mol. The largest absolute Gasteiger partial charge is 3.00 e. The van der Waals surface area contributed by atoms with Crippen LogP contribution in [0.3, 0.4) is 0 Å². The van der Waals surface area contributed by atoms with Crippen molar-refractivity contribution in [2.24, 2.45) is 0 Å². The molecule has 15 heavy (non-hydrogen) atoms. The van der Waals surface area contributed by atoms with Gasteiger partial charge in [-0.3, -0.25) is 0 Å². The third kappa shape index (κ3) is 170000. The maximum Gasteiger partial charge on any atom is 3.00 e. The first-order valence-electron chi connectivity index (χ1n) is 2.72. The molecule has 0 rings (SSSR count). The van der Waals surface area contributed by atoms with Gasteiger partial charge in [0.05, 0.1) is 0 Å². The zero-order valence-electron chi connectivity index (χ0n) is 8.30. The molecule has 0 amide bonds. The van der Waals surface area contributed by atoms with Gasteiger partial charge in [0.15, 0.2) is 0 Å². The summed E-state index contributed by atoms with van der Waals surface area (Å²) in [5, 5.41) is 26.7. The van der Waals surface area contributed by atoms with Crippen molar-refractivity contribution in [1.29, 1.82) is 0 Å². The van der Waals surface area contributed by atoms with Crippen molar-refractivity contribution < 1.29 is 35.2 Å². The smallest absolute Gasteiger partial charge is 2.00 e. The third-order valence-corrected chi connectivity index (χ3v) is 0. The summed E-state index contributed by atoms with van der Waals surface area (Å²) < 4.78 is 0.